The minimum Gasteiger partial charge on any atom is -0.493 e. The highest BCUT2D eigenvalue weighted by atomic mass is 32.2. The van der Waals surface area contributed by atoms with Crippen molar-refractivity contribution in [1.82, 2.24) is 14.9 Å². The zero-order chi connectivity index (χ0) is 32.0. The molecule has 13 heteroatoms. The molecule has 0 radical (unpaired) electrons. The van der Waals surface area contributed by atoms with E-state index >= 15 is 0 Å². The van der Waals surface area contributed by atoms with Crippen molar-refractivity contribution in [2.24, 2.45) is 0 Å². The van der Waals surface area contributed by atoms with Gasteiger partial charge in [0.05, 0.1) is 25.2 Å². The van der Waals surface area contributed by atoms with Crippen molar-refractivity contribution in [1.29, 1.82) is 0 Å². The maximum atomic E-state index is 13.7. The van der Waals surface area contributed by atoms with E-state index in [0.29, 0.717) is 24.3 Å². The smallest absolute Gasteiger partial charge is 0.305 e. The molecule has 0 aromatic heterocycles. The molecule has 45 heavy (non-hydrogen) atoms. The van der Waals surface area contributed by atoms with Crippen molar-refractivity contribution < 1.29 is 41.7 Å². The molecular weight excluding hydrogens is 602 g/mol. The Kier molecular flexibility index (Phi) is 9.89. The molecule has 2 amide bonds. The number of piperidine rings is 1. The van der Waals surface area contributed by atoms with Crippen molar-refractivity contribution in [2.75, 3.05) is 33.9 Å². The van der Waals surface area contributed by atoms with E-state index in [1.54, 1.807) is 36.4 Å². The molecule has 3 aromatic rings. The molecule has 238 valence electrons. The Morgan fingerprint density at radius 1 is 1.02 bits per heavy atom. The van der Waals surface area contributed by atoms with E-state index in [4.69, 9.17) is 14.2 Å². The number of aryl methyl sites for hydroxylation is 1. The van der Waals surface area contributed by atoms with Crippen LogP contribution < -0.4 is 24.8 Å². The first-order chi connectivity index (χ1) is 21.7. The Morgan fingerprint density at radius 2 is 1.78 bits per heavy atom. The molecule has 12 nitrogen and oxygen atoms in total. The van der Waals surface area contributed by atoms with Crippen molar-refractivity contribution >= 4 is 27.8 Å². The minimum absolute atomic E-state index is 0.0289. The first-order valence-corrected chi connectivity index (χ1v) is 15.9. The molecule has 0 unspecified atom stereocenters. The van der Waals surface area contributed by atoms with E-state index in [-0.39, 0.29) is 60.7 Å². The van der Waals surface area contributed by atoms with Crippen LogP contribution in [0.1, 0.15) is 34.3 Å². The summed E-state index contributed by atoms with van der Waals surface area (Å²) in [6.07, 6.45) is 0.402. The number of benzene rings is 3. The van der Waals surface area contributed by atoms with Crippen molar-refractivity contribution in [2.45, 2.75) is 42.8 Å². The third-order valence-corrected chi connectivity index (χ3v) is 9.60. The number of hydrogen-bond donors (Lipinski definition) is 2. The van der Waals surface area contributed by atoms with E-state index in [1.165, 1.54) is 36.7 Å². The van der Waals surface area contributed by atoms with Gasteiger partial charge in [0, 0.05) is 38.0 Å². The first kappa shape index (κ1) is 31.8. The summed E-state index contributed by atoms with van der Waals surface area (Å²) >= 11 is 0. The summed E-state index contributed by atoms with van der Waals surface area (Å²) in [7, 11) is -1.14. The molecule has 1 saturated heterocycles. The molecule has 3 heterocycles. The Morgan fingerprint density at radius 3 is 2.49 bits per heavy atom. The van der Waals surface area contributed by atoms with Crippen molar-refractivity contribution in [3.05, 3.63) is 83.4 Å². The summed E-state index contributed by atoms with van der Waals surface area (Å²) < 4.78 is 50.7. The molecule has 0 aliphatic carbocycles. The van der Waals surface area contributed by atoms with E-state index in [2.05, 4.69) is 15.4 Å². The number of carbonyl (C=O) groups excluding carboxylic acids is 3. The van der Waals surface area contributed by atoms with Crippen molar-refractivity contribution in [3.63, 3.8) is 0 Å². The van der Waals surface area contributed by atoms with E-state index in [9.17, 15) is 22.8 Å². The van der Waals surface area contributed by atoms with Gasteiger partial charge in [0.15, 0.2) is 18.1 Å². The van der Waals surface area contributed by atoms with Crippen LogP contribution >= 0.6 is 0 Å². The third kappa shape index (κ3) is 7.73. The number of sulfonamides is 1. The van der Waals surface area contributed by atoms with Crippen LogP contribution in [0.4, 0.5) is 0 Å². The number of amides is 2. The second kappa shape index (κ2) is 14.0. The van der Waals surface area contributed by atoms with Crippen LogP contribution in [0.5, 0.6) is 17.2 Å². The van der Waals surface area contributed by atoms with Gasteiger partial charge in [0.25, 0.3) is 11.8 Å². The number of hydrogen-bond acceptors (Lipinski definition) is 9. The molecule has 1 fully saturated rings. The normalized spacial score (nSPS) is 19.2. The monoisotopic (exact) mass is 637 g/mol. The van der Waals surface area contributed by atoms with Crippen LogP contribution in [0.15, 0.2) is 71.6 Å². The number of carbonyl (C=O) groups is 3. The Balaban J connectivity index is 1.40. The highest BCUT2D eigenvalue weighted by molar-refractivity contribution is 7.89. The second-order valence-electron chi connectivity index (χ2n) is 10.7. The summed E-state index contributed by atoms with van der Waals surface area (Å²) in [4.78, 5) is 37.5. The van der Waals surface area contributed by atoms with E-state index < -0.39 is 28.1 Å². The zero-order valence-electron chi connectivity index (χ0n) is 25.0. The van der Waals surface area contributed by atoms with Gasteiger partial charge in [-0.15, -0.1) is 0 Å². The molecule has 2 N–H and O–H groups in total. The lowest BCUT2D eigenvalue weighted by atomic mass is 10.0. The summed E-state index contributed by atoms with van der Waals surface area (Å²) in [6.45, 7) is 0.143. The van der Waals surface area contributed by atoms with Gasteiger partial charge in [-0.1, -0.05) is 24.3 Å². The van der Waals surface area contributed by atoms with Gasteiger partial charge in [-0.25, -0.2) is 8.42 Å². The van der Waals surface area contributed by atoms with Gasteiger partial charge in [0.1, 0.15) is 11.9 Å². The largest absolute Gasteiger partial charge is 0.493 e. The third-order valence-electron chi connectivity index (χ3n) is 7.72. The number of methoxy groups -OCH3 is 2. The average Bonchev–Trinajstić information content (AvgIpc) is 3.06. The molecule has 3 aromatic carbocycles. The minimum atomic E-state index is -3.92. The quantitative estimate of drug-likeness (QED) is 0.389. The number of ether oxygens (including phenoxy) is 4. The van der Waals surface area contributed by atoms with E-state index in [1.807, 2.05) is 12.1 Å². The Hall–Kier alpha value is -4.62. The average molecular weight is 638 g/mol. The van der Waals surface area contributed by atoms with Gasteiger partial charge >= 0.3 is 5.97 Å². The van der Waals surface area contributed by atoms with Crippen molar-refractivity contribution in [3.8, 4) is 17.2 Å². The fraction of sp³-hybridized carbons (Fsp3) is 0.344. The molecule has 0 saturated carbocycles. The summed E-state index contributed by atoms with van der Waals surface area (Å²) in [5.41, 5.74) is 1.89. The predicted molar refractivity (Wildman–Crippen MR) is 163 cm³/mol. The number of nitrogens with one attached hydrogen (secondary N) is 2. The van der Waals surface area contributed by atoms with Crippen LogP contribution in [0.2, 0.25) is 0 Å². The van der Waals surface area contributed by atoms with Gasteiger partial charge in [0.2, 0.25) is 10.0 Å². The van der Waals surface area contributed by atoms with Crippen LogP contribution in [-0.2, 0) is 37.3 Å². The Labute approximate surface area is 261 Å². The lowest BCUT2D eigenvalue weighted by Gasteiger charge is -2.38. The summed E-state index contributed by atoms with van der Waals surface area (Å²) in [6, 6.07) is 17.5. The number of nitrogens with zero attached hydrogens (tertiary/aromatic N) is 1. The molecule has 4 bridgehead atoms. The first-order valence-electron chi connectivity index (χ1n) is 14.5. The van der Waals surface area contributed by atoms with Crippen LogP contribution in [0.25, 0.3) is 0 Å². The predicted octanol–water partition coefficient (Wildman–Crippen LogP) is 2.45. The fourth-order valence-corrected chi connectivity index (χ4v) is 6.64. The topological polar surface area (TPSA) is 150 Å². The molecule has 0 spiro atoms. The SMILES string of the molecule is COC(=O)CCc1ccc(S(=O)(=O)N2CC[C@H]3Oc4ccc(cc4)CNC(=O)COc4cc(ccc4OC)C(=O)N[C@H]3C2)cc1. The lowest BCUT2D eigenvalue weighted by molar-refractivity contribution is -0.140. The van der Waals surface area contributed by atoms with Crippen LogP contribution in [0, 0.1) is 0 Å². The molecule has 3 aliphatic heterocycles. The van der Waals surface area contributed by atoms with Gasteiger partial charge in [-0.2, -0.15) is 4.31 Å². The van der Waals surface area contributed by atoms with Gasteiger partial charge in [-0.05, 0) is 60.0 Å². The molecule has 2 atom stereocenters. The van der Waals surface area contributed by atoms with Crippen LogP contribution in [0.3, 0.4) is 0 Å². The van der Waals surface area contributed by atoms with Crippen LogP contribution in [-0.4, -0.2) is 76.6 Å². The highest BCUT2D eigenvalue weighted by Gasteiger charge is 2.38. The van der Waals surface area contributed by atoms with Gasteiger partial charge < -0.3 is 29.6 Å². The van der Waals surface area contributed by atoms with Gasteiger partial charge in [-0.3, -0.25) is 14.4 Å². The zero-order valence-corrected chi connectivity index (χ0v) is 25.8. The Bertz CT molecular complexity index is 1640. The fourth-order valence-electron chi connectivity index (χ4n) is 5.16. The number of fused-ring (bicyclic) bond motifs is 7. The standard InChI is InChI=1S/C32H35N3O9S/c1-41-28-13-8-23-17-29(28)43-20-30(36)33-18-22-3-9-24(10-4-22)44-27-15-16-35(19-26(27)34-32(23)38)45(39,40)25-11-5-21(6-12-25)7-14-31(37)42-2/h3-6,8-13,17,26-27H,7,14-16,18-20H2,1-2H3,(H,33,36)(H,34,38)/t26-,27+/m0/s1. The number of rotatable bonds is 6. The summed E-state index contributed by atoms with van der Waals surface area (Å²) in [5.74, 6) is -0.0547. The molecule has 3 aliphatic rings. The molecular formula is C32H35N3O9S. The highest BCUT2D eigenvalue weighted by Crippen LogP contribution is 2.29. The number of esters is 1. The second-order valence-corrected chi connectivity index (χ2v) is 12.6. The van der Waals surface area contributed by atoms with E-state index in [0.717, 1.165) is 11.1 Å². The summed E-state index contributed by atoms with van der Waals surface area (Å²) in [5, 5.41) is 5.76. The molecule has 6 rings (SSSR count). The maximum absolute atomic E-state index is 13.7. The lowest BCUT2D eigenvalue weighted by Crippen LogP contribution is -2.58. The maximum Gasteiger partial charge on any atom is 0.305 e.